The normalized spacial score (nSPS) is 11.8. The highest BCUT2D eigenvalue weighted by atomic mass is 32.2. The number of non-ortho nitro benzene ring substituents is 1. The van der Waals surface area contributed by atoms with E-state index in [2.05, 4.69) is 15.5 Å². The predicted molar refractivity (Wildman–Crippen MR) is 144 cm³/mol. The minimum absolute atomic E-state index is 0.0406. The van der Waals surface area contributed by atoms with Crippen molar-refractivity contribution in [2.24, 2.45) is 0 Å². The molecule has 5 aromatic rings. The summed E-state index contributed by atoms with van der Waals surface area (Å²) in [7, 11) is 0. The lowest BCUT2D eigenvalue weighted by atomic mass is 10.0. The number of aromatic nitrogens is 3. The Morgan fingerprint density at radius 3 is 2.45 bits per heavy atom. The SMILES string of the molecule is C[C@@H](NC(=O)c1cccc2ccccc12)c1nnc(SCc2ccc(F)cc2)n1-c1ccc([N+](=O)[O-])cc1. The number of nitrogens with one attached hydrogen (secondary N) is 1. The van der Waals surface area contributed by atoms with Gasteiger partial charge in [-0.3, -0.25) is 19.5 Å². The molecule has 1 atom stereocenters. The summed E-state index contributed by atoms with van der Waals surface area (Å²) in [5.74, 6) is 0.398. The molecule has 38 heavy (non-hydrogen) atoms. The molecule has 0 unspecified atom stereocenters. The monoisotopic (exact) mass is 527 g/mol. The van der Waals surface area contributed by atoms with Crippen LogP contribution in [0.5, 0.6) is 0 Å². The fourth-order valence-electron chi connectivity index (χ4n) is 4.11. The molecular formula is C28H22FN5O3S. The average molecular weight is 528 g/mol. The van der Waals surface area contributed by atoms with E-state index in [1.165, 1.54) is 36.0 Å². The van der Waals surface area contributed by atoms with E-state index >= 15 is 0 Å². The average Bonchev–Trinajstić information content (AvgIpc) is 3.36. The summed E-state index contributed by atoms with van der Waals surface area (Å²) >= 11 is 1.39. The second kappa shape index (κ2) is 10.8. The molecule has 0 aliphatic carbocycles. The van der Waals surface area contributed by atoms with Gasteiger partial charge in [-0.25, -0.2) is 4.39 Å². The summed E-state index contributed by atoms with van der Waals surface area (Å²) in [6, 6.07) is 24.9. The zero-order valence-corrected chi connectivity index (χ0v) is 21.1. The number of hydrogen-bond donors (Lipinski definition) is 1. The van der Waals surface area contributed by atoms with Gasteiger partial charge in [-0.15, -0.1) is 10.2 Å². The smallest absolute Gasteiger partial charge is 0.269 e. The molecule has 8 nitrogen and oxygen atoms in total. The van der Waals surface area contributed by atoms with Crippen molar-refractivity contribution in [3.63, 3.8) is 0 Å². The Morgan fingerprint density at radius 2 is 1.71 bits per heavy atom. The van der Waals surface area contributed by atoms with Crippen molar-refractivity contribution in [1.29, 1.82) is 0 Å². The van der Waals surface area contributed by atoms with Gasteiger partial charge in [0.05, 0.1) is 11.0 Å². The fourth-order valence-corrected chi connectivity index (χ4v) is 5.03. The molecule has 0 fully saturated rings. The second-order valence-corrected chi connectivity index (χ2v) is 9.53. The lowest BCUT2D eigenvalue weighted by molar-refractivity contribution is -0.384. The minimum Gasteiger partial charge on any atom is -0.342 e. The van der Waals surface area contributed by atoms with Crippen molar-refractivity contribution in [3.8, 4) is 5.69 Å². The maximum absolute atomic E-state index is 13.3. The van der Waals surface area contributed by atoms with E-state index in [9.17, 15) is 19.3 Å². The van der Waals surface area contributed by atoms with E-state index in [-0.39, 0.29) is 17.4 Å². The molecule has 0 aliphatic rings. The fraction of sp³-hybridized carbons (Fsp3) is 0.107. The zero-order valence-electron chi connectivity index (χ0n) is 20.2. The van der Waals surface area contributed by atoms with Gasteiger partial charge in [0.1, 0.15) is 5.82 Å². The van der Waals surface area contributed by atoms with Gasteiger partial charge in [-0.1, -0.05) is 60.3 Å². The first-order valence-electron chi connectivity index (χ1n) is 11.8. The first-order chi connectivity index (χ1) is 18.4. The number of carbonyl (C=O) groups is 1. The van der Waals surface area contributed by atoms with Crippen LogP contribution in [0.1, 0.15) is 34.7 Å². The van der Waals surface area contributed by atoms with Crippen LogP contribution in [0.25, 0.3) is 16.5 Å². The van der Waals surface area contributed by atoms with E-state index in [1.807, 2.05) is 43.3 Å². The number of benzene rings is 4. The molecule has 5 rings (SSSR count). The molecule has 10 heteroatoms. The van der Waals surface area contributed by atoms with Crippen LogP contribution in [0.15, 0.2) is 96.2 Å². The van der Waals surface area contributed by atoms with Crippen LogP contribution in [-0.2, 0) is 5.75 Å². The summed E-state index contributed by atoms with van der Waals surface area (Å²) < 4.78 is 15.1. The third-order valence-corrected chi connectivity index (χ3v) is 7.03. The lowest BCUT2D eigenvalue weighted by Crippen LogP contribution is -2.28. The van der Waals surface area contributed by atoms with Gasteiger partial charge in [0.2, 0.25) is 0 Å². The Kier molecular flexibility index (Phi) is 7.14. The van der Waals surface area contributed by atoms with Gasteiger partial charge in [0.25, 0.3) is 11.6 Å². The largest absolute Gasteiger partial charge is 0.342 e. The molecule has 1 N–H and O–H groups in total. The number of hydrogen-bond acceptors (Lipinski definition) is 6. The first kappa shape index (κ1) is 25.1. The number of nitrogens with zero attached hydrogens (tertiary/aromatic N) is 4. The number of thioether (sulfide) groups is 1. The van der Waals surface area contributed by atoms with Crippen molar-refractivity contribution in [2.75, 3.05) is 0 Å². The highest BCUT2D eigenvalue weighted by Crippen LogP contribution is 2.29. The second-order valence-electron chi connectivity index (χ2n) is 8.59. The van der Waals surface area contributed by atoms with Gasteiger partial charge in [-0.2, -0.15) is 0 Å². The van der Waals surface area contributed by atoms with Crippen molar-refractivity contribution in [2.45, 2.75) is 23.9 Å². The van der Waals surface area contributed by atoms with Crippen molar-refractivity contribution < 1.29 is 14.1 Å². The zero-order chi connectivity index (χ0) is 26.6. The van der Waals surface area contributed by atoms with Gasteiger partial charge < -0.3 is 5.32 Å². The minimum atomic E-state index is -0.538. The quantitative estimate of drug-likeness (QED) is 0.145. The number of carbonyl (C=O) groups excluding carboxylic acids is 1. The number of amides is 1. The Hall–Kier alpha value is -4.57. The van der Waals surface area contributed by atoms with E-state index < -0.39 is 11.0 Å². The molecule has 1 aromatic heterocycles. The molecule has 0 aliphatic heterocycles. The molecule has 1 heterocycles. The molecule has 1 amide bonds. The Balaban J connectivity index is 1.46. The van der Waals surface area contributed by atoms with E-state index in [4.69, 9.17) is 0 Å². The summed E-state index contributed by atoms with van der Waals surface area (Å²) in [4.78, 5) is 24.0. The third-order valence-electron chi connectivity index (χ3n) is 6.03. The van der Waals surface area contributed by atoms with Crippen LogP contribution >= 0.6 is 11.8 Å². The van der Waals surface area contributed by atoms with Crippen molar-refractivity contribution in [3.05, 3.63) is 124 Å². The molecule has 0 spiro atoms. The van der Waals surface area contributed by atoms with E-state index in [1.54, 1.807) is 34.9 Å². The summed E-state index contributed by atoms with van der Waals surface area (Å²) in [5, 5.41) is 25.2. The number of halogens is 1. The molecule has 0 radical (unpaired) electrons. The highest BCUT2D eigenvalue weighted by molar-refractivity contribution is 7.98. The van der Waals surface area contributed by atoms with Crippen LogP contribution in [0.4, 0.5) is 10.1 Å². The Morgan fingerprint density at radius 1 is 1.00 bits per heavy atom. The molecule has 190 valence electrons. The van der Waals surface area contributed by atoms with Gasteiger partial charge in [0, 0.05) is 29.1 Å². The first-order valence-corrected chi connectivity index (χ1v) is 12.8. The maximum Gasteiger partial charge on any atom is 0.269 e. The predicted octanol–water partition coefficient (Wildman–Crippen LogP) is 6.25. The standard InChI is InChI=1S/C28H22FN5O3S/c1-18(30-27(35)25-8-4-6-20-5-2-3-7-24(20)25)26-31-32-28(38-17-19-9-11-21(29)12-10-19)33(26)22-13-15-23(16-14-22)34(36)37/h2-16,18H,17H2,1H3,(H,30,35)/t18-/m1/s1. The van der Waals surface area contributed by atoms with Gasteiger partial charge in [0.15, 0.2) is 11.0 Å². The number of fused-ring (bicyclic) bond motifs is 1. The highest BCUT2D eigenvalue weighted by Gasteiger charge is 2.23. The summed E-state index contributed by atoms with van der Waals surface area (Å²) in [6.07, 6.45) is 0. The lowest BCUT2D eigenvalue weighted by Gasteiger charge is -2.17. The molecule has 0 saturated heterocycles. The van der Waals surface area contributed by atoms with Crippen molar-refractivity contribution in [1.82, 2.24) is 20.1 Å². The molecule has 0 saturated carbocycles. The third kappa shape index (κ3) is 5.25. The van der Waals surface area contributed by atoms with E-state index in [0.29, 0.717) is 28.0 Å². The maximum atomic E-state index is 13.3. The Bertz CT molecular complexity index is 1620. The van der Waals surface area contributed by atoms with Gasteiger partial charge >= 0.3 is 0 Å². The van der Waals surface area contributed by atoms with Crippen molar-refractivity contribution >= 4 is 34.1 Å². The number of nitro groups is 1. The van der Waals surface area contributed by atoms with Crippen LogP contribution < -0.4 is 5.32 Å². The van der Waals surface area contributed by atoms with Crippen LogP contribution in [-0.4, -0.2) is 25.6 Å². The topological polar surface area (TPSA) is 103 Å². The van der Waals surface area contributed by atoms with E-state index in [0.717, 1.165) is 16.3 Å². The van der Waals surface area contributed by atoms with Crippen LogP contribution in [0, 0.1) is 15.9 Å². The van der Waals surface area contributed by atoms with Crippen LogP contribution in [0.3, 0.4) is 0 Å². The van der Waals surface area contributed by atoms with Gasteiger partial charge in [-0.05, 0) is 53.6 Å². The Labute approximate surface area is 221 Å². The molecular weight excluding hydrogens is 505 g/mol. The molecule has 4 aromatic carbocycles. The van der Waals surface area contributed by atoms with Crippen LogP contribution in [0.2, 0.25) is 0 Å². The molecule has 0 bridgehead atoms. The summed E-state index contributed by atoms with van der Waals surface area (Å²) in [5.41, 5.74) is 2.01. The summed E-state index contributed by atoms with van der Waals surface area (Å²) in [6.45, 7) is 1.81. The number of rotatable bonds is 8. The number of nitro benzene ring substituents is 1.